The molecule has 0 unspecified atom stereocenters. The molecule has 2 N–H and O–H groups in total. The number of imidazole rings is 1. The molecule has 0 bridgehead atoms. The maximum Gasteiger partial charge on any atom is 0.251 e. The van der Waals surface area contributed by atoms with E-state index in [0.717, 1.165) is 16.9 Å². The molecule has 23 heavy (non-hydrogen) atoms. The highest BCUT2D eigenvalue weighted by atomic mass is 35.5. The Kier molecular flexibility index (Phi) is 4.35. The van der Waals surface area contributed by atoms with Gasteiger partial charge in [0.05, 0.1) is 17.1 Å². The number of carbonyl (C=O) groups is 1. The van der Waals surface area contributed by atoms with Gasteiger partial charge in [-0.25, -0.2) is 4.98 Å². The predicted molar refractivity (Wildman–Crippen MR) is 92.6 cm³/mol. The summed E-state index contributed by atoms with van der Waals surface area (Å²) in [5.74, 6) is 0.793. The van der Waals surface area contributed by atoms with Gasteiger partial charge in [0.2, 0.25) is 0 Å². The van der Waals surface area contributed by atoms with E-state index in [1.165, 1.54) is 0 Å². The second kappa shape index (κ2) is 6.42. The third-order valence-corrected chi connectivity index (χ3v) is 3.98. The van der Waals surface area contributed by atoms with E-state index in [9.17, 15) is 4.79 Å². The van der Waals surface area contributed by atoms with E-state index in [1.807, 2.05) is 24.3 Å². The molecule has 1 heterocycles. The summed E-state index contributed by atoms with van der Waals surface area (Å²) in [4.78, 5) is 20.4. The van der Waals surface area contributed by atoms with Crippen LogP contribution in [-0.2, 0) is 0 Å². The number of hydrogen-bond acceptors (Lipinski definition) is 2. The van der Waals surface area contributed by atoms with Crippen molar-refractivity contribution in [1.82, 2.24) is 15.3 Å². The van der Waals surface area contributed by atoms with Gasteiger partial charge in [0.1, 0.15) is 5.82 Å². The molecule has 0 saturated carbocycles. The van der Waals surface area contributed by atoms with Gasteiger partial charge < -0.3 is 10.3 Å². The number of hydrogen-bond donors (Lipinski definition) is 2. The molecule has 3 aromatic rings. The molecule has 4 nitrogen and oxygen atoms in total. The zero-order valence-electron chi connectivity index (χ0n) is 13.0. The van der Waals surface area contributed by atoms with E-state index in [1.54, 1.807) is 24.3 Å². The van der Waals surface area contributed by atoms with Crippen molar-refractivity contribution in [3.63, 3.8) is 0 Å². The number of carbonyl (C=O) groups excluding carboxylic acids is 1. The monoisotopic (exact) mass is 327 g/mol. The second-order valence-corrected chi connectivity index (χ2v) is 6.28. The summed E-state index contributed by atoms with van der Waals surface area (Å²) in [5, 5.41) is 3.59. The first kappa shape index (κ1) is 15.6. The summed E-state index contributed by atoms with van der Waals surface area (Å²) in [6.07, 6.45) is 0. The van der Waals surface area contributed by atoms with E-state index in [-0.39, 0.29) is 17.9 Å². The lowest BCUT2D eigenvalue weighted by atomic mass is 10.0. The highest BCUT2D eigenvalue weighted by molar-refractivity contribution is 6.30. The Morgan fingerprint density at radius 3 is 2.65 bits per heavy atom. The SMILES string of the molecule is CC(C)[C@@H](NC(=O)c1cccc(Cl)c1)c1nc2ccccc2[nH]1. The summed E-state index contributed by atoms with van der Waals surface area (Å²) < 4.78 is 0. The van der Waals surface area contributed by atoms with Crippen LogP contribution in [0.15, 0.2) is 48.5 Å². The lowest BCUT2D eigenvalue weighted by Crippen LogP contribution is -2.32. The number of amides is 1. The second-order valence-electron chi connectivity index (χ2n) is 5.84. The zero-order chi connectivity index (χ0) is 16.4. The number of para-hydroxylation sites is 2. The number of nitrogens with zero attached hydrogens (tertiary/aromatic N) is 1. The van der Waals surface area contributed by atoms with E-state index in [4.69, 9.17) is 11.6 Å². The van der Waals surface area contributed by atoms with E-state index < -0.39 is 0 Å². The van der Waals surface area contributed by atoms with Gasteiger partial charge in [-0.3, -0.25) is 4.79 Å². The first-order valence-electron chi connectivity index (χ1n) is 7.55. The van der Waals surface area contributed by atoms with Crippen LogP contribution >= 0.6 is 11.6 Å². The van der Waals surface area contributed by atoms with Crippen molar-refractivity contribution < 1.29 is 4.79 Å². The van der Waals surface area contributed by atoms with Gasteiger partial charge in [-0.05, 0) is 36.2 Å². The van der Waals surface area contributed by atoms with Crippen molar-refractivity contribution in [1.29, 1.82) is 0 Å². The molecule has 118 valence electrons. The molecule has 3 rings (SSSR count). The fraction of sp³-hybridized carbons (Fsp3) is 0.222. The number of fused-ring (bicyclic) bond motifs is 1. The van der Waals surface area contributed by atoms with Gasteiger partial charge in [0.25, 0.3) is 5.91 Å². The predicted octanol–water partition coefficient (Wildman–Crippen LogP) is 4.34. The van der Waals surface area contributed by atoms with Crippen molar-refractivity contribution in [2.75, 3.05) is 0 Å². The number of aromatic amines is 1. The fourth-order valence-electron chi connectivity index (χ4n) is 2.52. The van der Waals surface area contributed by atoms with Crippen LogP contribution in [0.25, 0.3) is 11.0 Å². The zero-order valence-corrected chi connectivity index (χ0v) is 13.8. The van der Waals surface area contributed by atoms with Gasteiger partial charge in [-0.15, -0.1) is 0 Å². The molecule has 0 fully saturated rings. The standard InChI is InChI=1S/C18H18ClN3O/c1-11(2)16(17-20-14-8-3-4-9-15(14)21-17)22-18(23)12-6-5-7-13(19)10-12/h3-11,16H,1-2H3,(H,20,21)(H,22,23)/t16-/m1/s1. The van der Waals surface area contributed by atoms with E-state index >= 15 is 0 Å². The summed E-state index contributed by atoms with van der Waals surface area (Å²) in [7, 11) is 0. The Morgan fingerprint density at radius 1 is 1.17 bits per heavy atom. The number of benzene rings is 2. The first-order valence-corrected chi connectivity index (χ1v) is 7.93. The average Bonchev–Trinajstić information content (AvgIpc) is 2.95. The molecular weight excluding hydrogens is 310 g/mol. The molecule has 2 aromatic carbocycles. The Morgan fingerprint density at radius 2 is 1.96 bits per heavy atom. The minimum atomic E-state index is -0.200. The quantitative estimate of drug-likeness (QED) is 0.748. The number of aromatic nitrogens is 2. The topological polar surface area (TPSA) is 57.8 Å². The molecule has 1 aromatic heterocycles. The van der Waals surface area contributed by atoms with Crippen molar-refractivity contribution in [2.45, 2.75) is 19.9 Å². The lowest BCUT2D eigenvalue weighted by Gasteiger charge is -2.20. The number of nitrogens with one attached hydrogen (secondary N) is 2. The largest absolute Gasteiger partial charge is 0.342 e. The Balaban J connectivity index is 1.88. The molecule has 0 aliphatic heterocycles. The van der Waals surface area contributed by atoms with E-state index in [2.05, 4.69) is 29.1 Å². The Bertz CT molecular complexity index is 808. The van der Waals surface area contributed by atoms with Crippen LogP contribution in [0, 0.1) is 5.92 Å². The third-order valence-electron chi connectivity index (χ3n) is 3.74. The van der Waals surface area contributed by atoms with Crippen molar-refractivity contribution in [3.8, 4) is 0 Å². The van der Waals surface area contributed by atoms with Gasteiger partial charge in [-0.1, -0.05) is 43.6 Å². The minimum Gasteiger partial charge on any atom is -0.342 e. The molecule has 0 spiro atoms. The van der Waals surface area contributed by atoms with E-state index in [0.29, 0.717) is 10.6 Å². The highest BCUT2D eigenvalue weighted by Gasteiger charge is 2.22. The maximum atomic E-state index is 12.5. The summed E-state index contributed by atoms with van der Waals surface area (Å²) in [5.41, 5.74) is 2.40. The van der Waals surface area contributed by atoms with Crippen LogP contribution in [0.1, 0.15) is 36.1 Å². The fourth-order valence-corrected chi connectivity index (χ4v) is 2.72. The van der Waals surface area contributed by atoms with Crippen molar-refractivity contribution >= 4 is 28.5 Å². The maximum absolute atomic E-state index is 12.5. The normalized spacial score (nSPS) is 12.5. The minimum absolute atomic E-state index is 0.161. The number of H-pyrrole nitrogens is 1. The van der Waals surface area contributed by atoms with Gasteiger partial charge >= 0.3 is 0 Å². The molecule has 1 amide bonds. The summed E-state index contributed by atoms with van der Waals surface area (Å²) in [6.45, 7) is 4.10. The summed E-state index contributed by atoms with van der Waals surface area (Å²) >= 11 is 5.96. The van der Waals surface area contributed by atoms with Gasteiger partial charge in [0.15, 0.2) is 0 Å². The van der Waals surface area contributed by atoms with Crippen LogP contribution in [-0.4, -0.2) is 15.9 Å². The molecular formula is C18H18ClN3O. The smallest absolute Gasteiger partial charge is 0.251 e. The average molecular weight is 328 g/mol. The summed E-state index contributed by atoms with van der Waals surface area (Å²) in [6, 6.07) is 14.5. The Hall–Kier alpha value is -2.33. The van der Waals surface area contributed by atoms with Gasteiger partial charge in [-0.2, -0.15) is 0 Å². The Labute approximate surface area is 139 Å². The molecule has 0 saturated heterocycles. The molecule has 5 heteroatoms. The van der Waals surface area contributed by atoms with Crippen LogP contribution in [0.4, 0.5) is 0 Å². The van der Waals surface area contributed by atoms with Crippen LogP contribution in [0.3, 0.4) is 0 Å². The van der Waals surface area contributed by atoms with Crippen LogP contribution < -0.4 is 5.32 Å². The number of halogens is 1. The van der Waals surface area contributed by atoms with Crippen molar-refractivity contribution in [2.24, 2.45) is 5.92 Å². The van der Waals surface area contributed by atoms with Crippen LogP contribution in [0.5, 0.6) is 0 Å². The third kappa shape index (κ3) is 3.37. The molecule has 0 radical (unpaired) electrons. The lowest BCUT2D eigenvalue weighted by molar-refractivity contribution is 0.0923. The first-order chi connectivity index (χ1) is 11.0. The highest BCUT2D eigenvalue weighted by Crippen LogP contribution is 2.23. The molecule has 1 atom stereocenters. The molecule has 0 aliphatic rings. The van der Waals surface area contributed by atoms with Crippen LogP contribution in [0.2, 0.25) is 5.02 Å². The van der Waals surface area contributed by atoms with Crippen molar-refractivity contribution in [3.05, 3.63) is 64.9 Å². The van der Waals surface area contributed by atoms with Gasteiger partial charge in [0, 0.05) is 10.6 Å². The molecule has 0 aliphatic carbocycles. The number of rotatable bonds is 4.